The molecule has 0 heterocycles. The Morgan fingerprint density at radius 1 is 0.625 bits per heavy atom. The molecule has 48 heavy (non-hydrogen) atoms. The average molecular weight is 629 g/mol. The molecule has 0 spiro atoms. The lowest BCUT2D eigenvalue weighted by molar-refractivity contribution is 0.388. The van der Waals surface area contributed by atoms with E-state index in [4.69, 9.17) is 0 Å². The number of nitrogens with zero attached hydrogens (tertiary/aromatic N) is 2. The van der Waals surface area contributed by atoms with Crippen LogP contribution in [0.15, 0.2) is 132 Å². The Labute approximate surface area is 287 Å². The number of allylic oxidation sites excluding steroid dienone is 6. The number of hydrogen-bond acceptors (Lipinski definition) is 2. The third kappa shape index (κ3) is 5.87. The number of hydrogen-bond donors (Lipinski definition) is 0. The van der Waals surface area contributed by atoms with Crippen LogP contribution in [-0.4, -0.2) is 6.04 Å². The fourth-order valence-electron chi connectivity index (χ4n) is 8.85. The summed E-state index contributed by atoms with van der Waals surface area (Å²) in [4.78, 5) is 5.32. The summed E-state index contributed by atoms with van der Waals surface area (Å²) in [6.07, 6.45) is 24.0. The largest absolute Gasteiger partial charge is 0.361 e. The molecule has 0 N–H and O–H groups in total. The molecule has 4 aromatic rings. The van der Waals surface area contributed by atoms with Crippen LogP contribution in [0.25, 0.3) is 17.2 Å². The highest BCUT2D eigenvalue weighted by Gasteiger charge is 2.31. The van der Waals surface area contributed by atoms with Gasteiger partial charge in [0, 0.05) is 28.8 Å². The third-order valence-corrected chi connectivity index (χ3v) is 11.2. The van der Waals surface area contributed by atoms with Gasteiger partial charge in [0.2, 0.25) is 0 Å². The molecule has 0 aliphatic heterocycles. The molecule has 0 radical (unpaired) electrons. The van der Waals surface area contributed by atoms with E-state index in [9.17, 15) is 0 Å². The maximum absolute atomic E-state index is 2.80. The third-order valence-electron chi connectivity index (χ3n) is 11.2. The lowest BCUT2D eigenvalue weighted by Crippen LogP contribution is -2.40. The van der Waals surface area contributed by atoms with Crippen LogP contribution in [0.2, 0.25) is 0 Å². The quantitative estimate of drug-likeness (QED) is 0.201. The molecule has 1 saturated carbocycles. The van der Waals surface area contributed by atoms with Gasteiger partial charge in [0.25, 0.3) is 0 Å². The first-order valence-corrected chi connectivity index (χ1v) is 18.4. The van der Waals surface area contributed by atoms with Crippen molar-refractivity contribution in [2.75, 3.05) is 9.80 Å². The minimum Gasteiger partial charge on any atom is -0.361 e. The molecule has 2 nitrogen and oxygen atoms in total. The minimum atomic E-state index is 0.383. The second kappa shape index (κ2) is 13.5. The van der Waals surface area contributed by atoms with E-state index in [2.05, 4.69) is 145 Å². The molecule has 0 saturated heterocycles. The summed E-state index contributed by atoms with van der Waals surface area (Å²) in [5.74, 6) is 0. The Hall–Kier alpha value is -4.56. The molecule has 4 aliphatic carbocycles. The van der Waals surface area contributed by atoms with Crippen LogP contribution in [0.1, 0.15) is 92.5 Å². The average Bonchev–Trinajstić information content (AvgIpc) is 3.13. The minimum absolute atomic E-state index is 0.383. The van der Waals surface area contributed by atoms with Crippen molar-refractivity contribution in [3.05, 3.63) is 154 Å². The first kappa shape index (κ1) is 30.8. The molecular formula is C46H48N2. The van der Waals surface area contributed by atoms with Crippen molar-refractivity contribution >= 4 is 23.1 Å². The van der Waals surface area contributed by atoms with E-state index in [1.54, 1.807) is 0 Å². The predicted octanol–water partition coefficient (Wildman–Crippen LogP) is 12.7. The second-order valence-electron chi connectivity index (χ2n) is 14.2. The Bertz CT molecular complexity index is 1920. The van der Waals surface area contributed by atoms with Crippen molar-refractivity contribution in [1.29, 1.82) is 0 Å². The Morgan fingerprint density at radius 3 is 2.15 bits per heavy atom. The number of fused-ring (bicyclic) bond motifs is 2. The van der Waals surface area contributed by atoms with Gasteiger partial charge in [-0.05, 0) is 140 Å². The molecule has 4 aliphatic rings. The summed E-state index contributed by atoms with van der Waals surface area (Å²) in [6, 6.07) is 35.4. The number of anilines is 3. The normalized spacial score (nSPS) is 19.0. The van der Waals surface area contributed by atoms with Crippen molar-refractivity contribution < 1.29 is 0 Å². The van der Waals surface area contributed by atoms with Crippen LogP contribution < -0.4 is 9.80 Å². The number of para-hydroxylation sites is 1. The van der Waals surface area contributed by atoms with Gasteiger partial charge in [0.05, 0.1) is 6.04 Å². The van der Waals surface area contributed by atoms with Gasteiger partial charge in [-0.3, -0.25) is 0 Å². The number of rotatable bonds is 7. The van der Waals surface area contributed by atoms with Gasteiger partial charge >= 0.3 is 0 Å². The van der Waals surface area contributed by atoms with E-state index >= 15 is 0 Å². The molecule has 8 rings (SSSR count). The van der Waals surface area contributed by atoms with Crippen LogP contribution in [0.5, 0.6) is 0 Å². The monoisotopic (exact) mass is 628 g/mol. The molecule has 0 aromatic heterocycles. The highest BCUT2D eigenvalue weighted by Crippen LogP contribution is 2.44. The molecule has 0 amide bonds. The Morgan fingerprint density at radius 2 is 1.35 bits per heavy atom. The lowest BCUT2D eigenvalue weighted by atomic mass is 9.86. The van der Waals surface area contributed by atoms with Crippen molar-refractivity contribution in [1.82, 2.24) is 0 Å². The highest BCUT2D eigenvalue weighted by molar-refractivity contribution is 5.79. The summed E-state index contributed by atoms with van der Waals surface area (Å²) in [5.41, 5.74) is 16.4. The molecule has 0 bridgehead atoms. The molecule has 1 atom stereocenters. The van der Waals surface area contributed by atoms with Gasteiger partial charge in [0.1, 0.15) is 0 Å². The molecule has 242 valence electrons. The zero-order valence-electron chi connectivity index (χ0n) is 28.7. The molecule has 2 heteroatoms. The van der Waals surface area contributed by atoms with Gasteiger partial charge in [0.15, 0.2) is 0 Å². The van der Waals surface area contributed by atoms with Gasteiger partial charge in [-0.2, -0.15) is 0 Å². The standard InChI is InChI=1S/C46H48N2/c1-33-31-39(47(37-19-5-3-6-20-37)45-25-13-17-35-15-9-11-23-43(35)45)27-29-41(33)42-30-28-40(32-34(42)2)48(38-21-7-4-8-22-38)46-26-14-18-36-16-10-12-24-44(36)46/h3,5-6,10-12,14,16-20,23-24,27-32,38,46H,4,7-9,13,15,21-22,25-26H2,1-2H3. The lowest BCUT2D eigenvalue weighted by Gasteiger charge is -2.43. The van der Waals surface area contributed by atoms with Gasteiger partial charge in [-0.15, -0.1) is 0 Å². The van der Waals surface area contributed by atoms with Crippen LogP contribution in [0.4, 0.5) is 17.1 Å². The first-order chi connectivity index (χ1) is 23.7. The summed E-state index contributed by atoms with van der Waals surface area (Å²) >= 11 is 0. The molecular weight excluding hydrogens is 581 g/mol. The second-order valence-corrected chi connectivity index (χ2v) is 14.2. The highest BCUT2D eigenvalue weighted by atomic mass is 15.2. The summed E-state index contributed by atoms with van der Waals surface area (Å²) in [7, 11) is 0. The Kier molecular flexibility index (Phi) is 8.66. The van der Waals surface area contributed by atoms with Crippen molar-refractivity contribution in [3.8, 4) is 11.1 Å². The van der Waals surface area contributed by atoms with E-state index in [0.717, 1.165) is 32.1 Å². The smallest absolute Gasteiger partial charge is 0.0585 e. The maximum atomic E-state index is 2.80. The topological polar surface area (TPSA) is 6.48 Å². The predicted molar refractivity (Wildman–Crippen MR) is 205 cm³/mol. The van der Waals surface area contributed by atoms with Crippen LogP contribution >= 0.6 is 0 Å². The summed E-state index contributed by atoms with van der Waals surface area (Å²) in [6.45, 7) is 4.60. The summed E-state index contributed by atoms with van der Waals surface area (Å²) in [5, 5.41) is 0. The van der Waals surface area contributed by atoms with Crippen molar-refractivity contribution in [2.45, 2.75) is 90.1 Å². The van der Waals surface area contributed by atoms with Gasteiger partial charge in [-0.1, -0.05) is 104 Å². The van der Waals surface area contributed by atoms with E-state index in [1.807, 2.05) is 0 Å². The van der Waals surface area contributed by atoms with E-state index in [0.29, 0.717) is 12.1 Å². The molecule has 1 unspecified atom stereocenters. The van der Waals surface area contributed by atoms with Crippen LogP contribution in [-0.2, 0) is 0 Å². The van der Waals surface area contributed by atoms with Crippen molar-refractivity contribution in [2.24, 2.45) is 0 Å². The number of aryl methyl sites for hydroxylation is 2. The molecule has 4 aromatic carbocycles. The van der Waals surface area contributed by atoms with E-state index in [1.165, 1.54) is 99.4 Å². The first-order valence-electron chi connectivity index (χ1n) is 18.4. The zero-order chi connectivity index (χ0) is 32.5. The van der Waals surface area contributed by atoms with E-state index < -0.39 is 0 Å². The fourth-order valence-corrected chi connectivity index (χ4v) is 8.85. The van der Waals surface area contributed by atoms with Crippen LogP contribution in [0.3, 0.4) is 0 Å². The molecule has 1 fully saturated rings. The van der Waals surface area contributed by atoms with Crippen molar-refractivity contribution in [3.63, 3.8) is 0 Å². The summed E-state index contributed by atoms with van der Waals surface area (Å²) < 4.78 is 0. The van der Waals surface area contributed by atoms with Crippen LogP contribution in [0, 0.1) is 13.8 Å². The fraction of sp³-hybridized carbons (Fsp3) is 0.304. The maximum Gasteiger partial charge on any atom is 0.0585 e. The van der Waals surface area contributed by atoms with E-state index in [-0.39, 0.29) is 0 Å². The van der Waals surface area contributed by atoms with Gasteiger partial charge in [-0.25, -0.2) is 0 Å². The SMILES string of the molecule is Cc1cc(N(C2=C3C=CCCC3=CCC2)c2ccccc2)ccc1-c1ccc(N(C2CCCCC2)C2CC=Cc3ccccc32)cc1C. The van der Waals surface area contributed by atoms with Gasteiger partial charge < -0.3 is 9.80 Å². The zero-order valence-corrected chi connectivity index (χ0v) is 28.7. The number of benzene rings is 4. The Balaban J connectivity index is 1.16.